The molecule has 0 atom stereocenters. The van der Waals surface area contributed by atoms with E-state index in [1.54, 1.807) is 6.21 Å². The number of nitrogens with one attached hydrogen (secondary N) is 1. The van der Waals surface area contributed by atoms with Gasteiger partial charge in [0.1, 0.15) is 0 Å². The number of aromatic nitrogens is 2. The topological polar surface area (TPSA) is 59.3 Å². The highest BCUT2D eigenvalue weighted by molar-refractivity contribution is 6.30. The number of hydrogen-bond acceptors (Lipinski definition) is 3. The zero-order valence-corrected chi connectivity index (χ0v) is 17.7. The van der Waals surface area contributed by atoms with E-state index in [1.165, 1.54) is 0 Å². The second kappa shape index (κ2) is 8.13. The summed E-state index contributed by atoms with van der Waals surface area (Å²) in [5.74, 6) is -0.284. The molecule has 4 rings (SSSR count). The first kappa shape index (κ1) is 19.9. The maximum Gasteiger partial charge on any atom is 0.273 e. The summed E-state index contributed by atoms with van der Waals surface area (Å²) in [4.78, 5) is 17.1. The van der Waals surface area contributed by atoms with Gasteiger partial charge in [-0.2, -0.15) is 5.10 Å². The molecule has 1 amide bonds. The minimum absolute atomic E-state index is 0.284. The summed E-state index contributed by atoms with van der Waals surface area (Å²) in [6.07, 6.45) is 1.66. The molecular formula is C24H21ClN4O. The Labute approximate surface area is 180 Å². The van der Waals surface area contributed by atoms with E-state index in [0.29, 0.717) is 16.3 Å². The highest BCUT2D eigenvalue weighted by atomic mass is 35.5. The van der Waals surface area contributed by atoms with Crippen LogP contribution in [0, 0.1) is 20.8 Å². The van der Waals surface area contributed by atoms with Crippen molar-refractivity contribution >= 4 is 34.6 Å². The molecule has 0 aliphatic carbocycles. The van der Waals surface area contributed by atoms with Gasteiger partial charge in [-0.1, -0.05) is 29.8 Å². The molecule has 1 N–H and O–H groups in total. The summed E-state index contributed by atoms with van der Waals surface area (Å²) in [6, 6.07) is 19.3. The Morgan fingerprint density at radius 3 is 2.57 bits per heavy atom. The van der Waals surface area contributed by atoms with Crippen molar-refractivity contribution < 1.29 is 4.79 Å². The molecule has 0 unspecified atom stereocenters. The first-order valence-corrected chi connectivity index (χ1v) is 9.96. The number of aryl methyl sites for hydroxylation is 2. The zero-order chi connectivity index (χ0) is 21.3. The van der Waals surface area contributed by atoms with E-state index in [-0.39, 0.29) is 5.91 Å². The standard InChI is InChI=1S/C24H21ClN4O/c1-15-12-19(17(3)29(15)21-10-8-20(25)9-11-21)14-26-28-24(30)22-13-18-6-4-5-7-23(18)27-16(22)2/h4-14H,1-3H3,(H,28,30)/b26-14+. The molecule has 6 heteroatoms. The Morgan fingerprint density at radius 1 is 1.07 bits per heavy atom. The number of fused-ring (bicyclic) bond motifs is 1. The van der Waals surface area contributed by atoms with Gasteiger partial charge in [0, 0.05) is 33.0 Å². The van der Waals surface area contributed by atoms with Crippen molar-refractivity contribution in [2.75, 3.05) is 0 Å². The number of pyridine rings is 1. The normalized spacial score (nSPS) is 11.3. The maximum absolute atomic E-state index is 12.6. The van der Waals surface area contributed by atoms with Gasteiger partial charge in [-0.15, -0.1) is 0 Å². The fourth-order valence-corrected chi connectivity index (χ4v) is 3.69. The number of amides is 1. The number of nitrogens with zero attached hydrogens (tertiary/aromatic N) is 3. The van der Waals surface area contributed by atoms with Gasteiger partial charge >= 0.3 is 0 Å². The smallest absolute Gasteiger partial charge is 0.273 e. The number of hydrogen-bond donors (Lipinski definition) is 1. The van der Waals surface area contributed by atoms with Gasteiger partial charge in [-0.05, 0) is 63.2 Å². The minimum Gasteiger partial charge on any atom is -0.318 e. The molecule has 0 fully saturated rings. The third-order valence-electron chi connectivity index (χ3n) is 5.08. The lowest BCUT2D eigenvalue weighted by Crippen LogP contribution is -2.19. The summed E-state index contributed by atoms with van der Waals surface area (Å²) in [6.45, 7) is 5.87. The summed E-state index contributed by atoms with van der Waals surface area (Å²) < 4.78 is 2.12. The van der Waals surface area contributed by atoms with Crippen LogP contribution in [0.25, 0.3) is 16.6 Å². The number of hydrazone groups is 1. The van der Waals surface area contributed by atoms with Crippen molar-refractivity contribution in [3.8, 4) is 5.69 Å². The molecule has 150 valence electrons. The SMILES string of the molecule is Cc1nc2ccccc2cc1C(=O)N/N=C/c1cc(C)n(-c2ccc(Cl)cc2)c1C. The molecular weight excluding hydrogens is 396 g/mol. The third-order valence-corrected chi connectivity index (χ3v) is 5.34. The van der Waals surface area contributed by atoms with Crippen LogP contribution < -0.4 is 5.43 Å². The Balaban J connectivity index is 1.55. The van der Waals surface area contributed by atoms with Crippen molar-refractivity contribution in [3.63, 3.8) is 0 Å². The van der Waals surface area contributed by atoms with Gasteiger partial charge in [0.15, 0.2) is 0 Å². The van der Waals surface area contributed by atoms with Crippen LogP contribution in [0.1, 0.15) is 33.0 Å². The molecule has 0 aliphatic heterocycles. The first-order valence-electron chi connectivity index (χ1n) is 9.59. The Hall–Kier alpha value is -3.44. The fraction of sp³-hybridized carbons (Fsp3) is 0.125. The van der Waals surface area contributed by atoms with Gasteiger partial charge in [0.25, 0.3) is 5.91 Å². The molecule has 0 saturated carbocycles. The molecule has 5 nitrogen and oxygen atoms in total. The number of benzene rings is 2. The van der Waals surface area contributed by atoms with Crippen LogP contribution >= 0.6 is 11.6 Å². The Morgan fingerprint density at radius 2 is 1.80 bits per heavy atom. The summed E-state index contributed by atoms with van der Waals surface area (Å²) in [7, 11) is 0. The summed E-state index contributed by atoms with van der Waals surface area (Å²) >= 11 is 6.00. The van der Waals surface area contributed by atoms with Crippen molar-refractivity contribution in [2.45, 2.75) is 20.8 Å². The summed E-state index contributed by atoms with van der Waals surface area (Å²) in [5.41, 5.74) is 8.71. The number of rotatable bonds is 4. The fourth-order valence-electron chi connectivity index (χ4n) is 3.57. The highest BCUT2D eigenvalue weighted by Gasteiger charge is 2.12. The largest absolute Gasteiger partial charge is 0.318 e. The van der Waals surface area contributed by atoms with Crippen LogP contribution in [0.4, 0.5) is 0 Å². The molecule has 0 saturated heterocycles. The number of para-hydroxylation sites is 1. The van der Waals surface area contributed by atoms with Crippen LogP contribution in [0.2, 0.25) is 5.02 Å². The van der Waals surface area contributed by atoms with Crippen LogP contribution in [0.3, 0.4) is 0 Å². The molecule has 2 aromatic carbocycles. The van der Waals surface area contributed by atoms with Crippen LogP contribution in [0.5, 0.6) is 0 Å². The third kappa shape index (κ3) is 3.84. The van der Waals surface area contributed by atoms with Gasteiger partial charge in [0.05, 0.1) is 23.0 Å². The molecule has 30 heavy (non-hydrogen) atoms. The lowest BCUT2D eigenvalue weighted by molar-refractivity contribution is 0.0954. The molecule has 0 aliphatic rings. The van der Waals surface area contributed by atoms with E-state index < -0.39 is 0 Å². The molecule has 0 spiro atoms. The lowest BCUT2D eigenvalue weighted by atomic mass is 10.1. The first-order chi connectivity index (χ1) is 14.4. The second-order valence-corrected chi connectivity index (χ2v) is 7.59. The summed E-state index contributed by atoms with van der Waals surface area (Å²) in [5, 5.41) is 5.79. The average molecular weight is 417 g/mol. The monoisotopic (exact) mass is 416 g/mol. The number of halogens is 1. The van der Waals surface area contributed by atoms with Gasteiger partial charge in [-0.3, -0.25) is 9.78 Å². The minimum atomic E-state index is -0.284. The Bertz CT molecular complexity index is 1270. The van der Waals surface area contributed by atoms with E-state index in [9.17, 15) is 4.79 Å². The van der Waals surface area contributed by atoms with E-state index in [4.69, 9.17) is 11.6 Å². The quantitative estimate of drug-likeness (QED) is 0.359. The molecule has 0 bridgehead atoms. The predicted molar refractivity (Wildman–Crippen MR) is 122 cm³/mol. The van der Waals surface area contributed by atoms with E-state index in [1.807, 2.05) is 81.4 Å². The lowest BCUT2D eigenvalue weighted by Gasteiger charge is -2.09. The maximum atomic E-state index is 12.6. The van der Waals surface area contributed by atoms with E-state index in [0.717, 1.165) is 33.5 Å². The predicted octanol–water partition coefficient (Wildman–Crippen LogP) is 5.37. The van der Waals surface area contributed by atoms with Crippen LogP contribution in [-0.2, 0) is 0 Å². The van der Waals surface area contributed by atoms with Crippen LogP contribution in [0.15, 0.2) is 65.8 Å². The molecule has 2 aromatic heterocycles. The van der Waals surface area contributed by atoms with Crippen LogP contribution in [-0.4, -0.2) is 21.7 Å². The zero-order valence-electron chi connectivity index (χ0n) is 17.0. The second-order valence-electron chi connectivity index (χ2n) is 7.15. The van der Waals surface area contributed by atoms with Crippen molar-refractivity contribution in [2.24, 2.45) is 5.10 Å². The van der Waals surface area contributed by atoms with E-state index >= 15 is 0 Å². The van der Waals surface area contributed by atoms with E-state index in [2.05, 4.69) is 20.1 Å². The van der Waals surface area contributed by atoms with Gasteiger partial charge in [0.2, 0.25) is 0 Å². The molecule has 0 radical (unpaired) electrons. The molecule has 4 aromatic rings. The van der Waals surface area contributed by atoms with Gasteiger partial charge in [-0.25, -0.2) is 5.43 Å². The number of carbonyl (C=O) groups is 1. The van der Waals surface area contributed by atoms with Crippen molar-refractivity contribution in [3.05, 3.63) is 93.9 Å². The average Bonchev–Trinajstić information content (AvgIpc) is 3.01. The number of carbonyl (C=O) groups excluding carboxylic acids is 1. The Kier molecular flexibility index (Phi) is 5.38. The highest BCUT2D eigenvalue weighted by Crippen LogP contribution is 2.21. The molecule has 2 heterocycles. The van der Waals surface area contributed by atoms with Crippen molar-refractivity contribution in [1.82, 2.24) is 15.0 Å². The van der Waals surface area contributed by atoms with Crippen molar-refractivity contribution in [1.29, 1.82) is 0 Å². The van der Waals surface area contributed by atoms with Gasteiger partial charge < -0.3 is 4.57 Å².